The third kappa shape index (κ3) is 13.7. The molecule has 0 fully saturated rings. The summed E-state index contributed by atoms with van der Waals surface area (Å²) < 4.78 is 0. The molecule has 0 aliphatic heterocycles. The molecule has 0 aromatic carbocycles. The Bertz CT molecular complexity index is 202. The molecule has 0 aromatic rings. The first-order chi connectivity index (χ1) is 6.31. The fraction of sp³-hybridized carbons (Fsp3) is 0.231. The summed E-state index contributed by atoms with van der Waals surface area (Å²) in [7, 11) is 0. The van der Waals surface area contributed by atoms with Crippen LogP contribution in [0.5, 0.6) is 0 Å². The van der Waals surface area contributed by atoms with Crippen LogP contribution in [0.1, 0.15) is 20.8 Å². The topological polar surface area (TPSA) is 0 Å². The van der Waals surface area contributed by atoms with E-state index in [0.29, 0.717) is 0 Å². The molecule has 0 unspecified atom stereocenters. The van der Waals surface area contributed by atoms with Crippen molar-refractivity contribution in [3.05, 3.63) is 61.3 Å². The average molecular weight is 176 g/mol. The predicted molar refractivity (Wildman–Crippen MR) is 63.8 cm³/mol. The van der Waals surface area contributed by atoms with Gasteiger partial charge in [-0.3, -0.25) is 0 Å². The van der Waals surface area contributed by atoms with E-state index in [1.807, 2.05) is 57.2 Å². The number of hydrogen-bond donors (Lipinski definition) is 0. The Kier molecular flexibility index (Phi) is 14.6. The predicted octanol–water partition coefficient (Wildman–Crippen LogP) is 4.44. The van der Waals surface area contributed by atoms with Gasteiger partial charge in [0.1, 0.15) is 0 Å². The Balaban J connectivity index is 0. The molecular formula is C13H20. The van der Waals surface area contributed by atoms with Crippen LogP contribution in [-0.4, -0.2) is 0 Å². The van der Waals surface area contributed by atoms with E-state index in [4.69, 9.17) is 0 Å². The van der Waals surface area contributed by atoms with Crippen LogP contribution < -0.4 is 0 Å². The largest absolute Gasteiger partial charge is 0.0991 e. The van der Waals surface area contributed by atoms with Crippen molar-refractivity contribution in [1.82, 2.24) is 0 Å². The van der Waals surface area contributed by atoms with Crippen molar-refractivity contribution in [2.45, 2.75) is 20.8 Å². The molecule has 0 heterocycles. The van der Waals surface area contributed by atoms with Gasteiger partial charge in [-0.25, -0.2) is 0 Å². The van der Waals surface area contributed by atoms with E-state index in [0.717, 1.165) is 5.57 Å². The quantitative estimate of drug-likeness (QED) is 0.555. The van der Waals surface area contributed by atoms with Gasteiger partial charge in [0.2, 0.25) is 0 Å². The van der Waals surface area contributed by atoms with Crippen molar-refractivity contribution < 1.29 is 0 Å². The van der Waals surface area contributed by atoms with E-state index < -0.39 is 0 Å². The Hall–Kier alpha value is -1.30. The monoisotopic (exact) mass is 176 g/mol. The Morgan fingerprint density at radius 1 is 1.00 bits per heavy atom. The third-order valence-electron chi connectivity index (χ3n) is 1.06. The highest BCUT2D eigenvalue weighted by Gasteiger charge is 1.74. The average Bonchev–Trinajstić information content (AvgIpc) is 2.18. The Labute approximate surface area is 82.7 Å². The lowest BCUT2D eigenvalue weighted by Crippen LogP contribution is -1.63. The first-order valence-corrected chi connectivity index (χ1v) is 4.58. The standard InChI is InChI=1S/C11H14.C2H6/c1-4-6-8-10-11(3)9-7-5-2;1-2/h4-10H,2-3H2,1H3;1-2H3/b6-4-,9-7+,10-8-;. The third-order valence-corrected chi connectivity index (χ3v) is 1.06. The van der Waals surface area contributed by atoms with Gasteiger partial charge in [0, 0.05) is 0 Å². The highest BCUT2D eigenvalue weighted by molar-refractivity contribution is 5.30. The lowest BCUT2D eigenvalue weighted by Gasteiger charge is -1.84. The zero-order valence-corrected chi connectivity index (χ0v) is 8.96. The molecule has 0 radical (unpaired) electrons. The van der Waals surface area contributed by atoms with Gasteiger partial charge in [-0.15, -0.1) is 0 Å². The van der Waals surface area contributed by atoms with E-state index in [1.54, 1.807) is 6.08 Å². The second kappa shape index (κ2) is 13.3. The van der Waals surface area contributed by atoms with Gasteiger partial charge in [-0.05, 0) is 12.5 Å². The minimum Gasteiger partial charge on any atom is -0.0991 e. The van der Waals surface area contributed by atoms with Crippen molar-refractivity contribution in [2.24, 2.45) is 0 Å². The molecule has 0 saturated heterocycles. The lowest BCUT2D eigenvalue weighted by atomic mass is 10.2. The van der Waals surface area contributed by atoms with E-state index in [1.165, 1.54) is 0 Å². The summed E-state index contributed by atoms with van der Waals surface area (Å²) in [5, 5.41) is 0. The molecule has 0 amide bonds. The van der Waals surface area contributed by atoms with Gasteiger partial charge in [-0.1, -0.05) is 69.5 Å². The minimum absolute atomic E-state index is 0.975. The van der Waals surface area contributed by atoms with Gasteiger partial charge >= 0.3 is 0 Å². The zero-order valence-electron chi connectivity index (χ0n) is 8.96. The number of rotatable bonds is 4. The van der Waals surface area contributed by atoms with Crippen LogP contribution >= 0.6 is 0 Å². The highest BCUT2D eigenvalue weighted by atomic mass is 13.8. The maximum absolute atomic E-state index is 3.81. The van der Waals surface area contributed by atoms with Crippen LogP contribution in [0, 0.1) is 0 Å². The molecule has 0 aromatic heterocycles. The van der Waals surface area contributed by atoms with Gasteiger partial charge in [0.05, 0.1) is 0 Å². The summed E-state index contributed by atoms with van der Waals surface area (Å²) in [4.78, 5) is 0. The highest BCUT2D eigenvalue weighted by Crippen LogP contribution is 1.95. The SMILES string of the molecule is C=C/C=C/C(=C)/C=C\C=C/C.CC. The fourth-order valence-electron chi connectivity index (χ4n) is 0.537. The molecule has 13 heavy (non-hydrogen) atoms. The van der Waals surface area contributed by atoms with Crippen molar-refractivity contribution >= 4 is 0 Å². The molecule has 0 bridgehead atoms. The van der Waals surface area contributed by atoms with Crippen molar-refractivity contribution in [3.63, 3.8) is 0 Å². The minimum atomic E-state index is 0.975. The molecule has 0 nitrogen and oxygen atoms in total. The van der Waals surface area contributed by atoms with Crippen LogP contribution in [0.2, 0.25) is 0 Å². The lowest BCUT2D eigenvalue weighted by molar-refractivity contribution is 1.50. The van der Waals surface area contributed by atoms with E-state index in [-0.39, 0.29) is 0 Å². The second-order valence-electron chi connectivity index (χ2n) is 2.05. The van der Waals surface area contributed by atoms with Crippen LogP contribution in [0.15, 0.2) is 61.3 Å². The Morgan fingerprint density at radius 2 is 1.54 bits per heavy atom. The molecular weight excluding hydrogens is 156 g/mol. The van der Waals surface area contributed by atoms with Crippen LogP contribution in [0.4, 0.5) is 0 Å². The zero-order chi connectivity index (χ0) is 10.5. The van der Waals surface area contributed by atoms with Gasteiger partial charge in [0.15, 0.2) is 0 Å². The summed E-state index contributed by atoms with van der Waals surface area (Å²) >= 11 is 0. The summed E-state index contributed by atoms with van der Waals surface area (Å²) in [5.74, 6) is 0. The summed E-state index contributed by atoms with van der Waals surface area (Å²) in [5.41, 5.74) is 0.975. The maximum atomic E-state index is 3.81. The van der Waals surface area contributed by atoms with Gasteiger partial charge < -0.3 is 0 Å². The first-order valence-electron chi connectivity index (χ1n) is 4.58. The van der Waals surface area contributed by atoms with Crippen LogP contribution in [0.25, 0.3) is 0 Å². The molecule has 0 spiro atoms. The number of hydrogen-bond acceptors (Lipinski definition) is 0. The van der Waals surface area contributed by atoms with E-state index in [9.17, 15) is 0 Å². The molecule has 0 atom stereocenters. The Morgan fingerprint density at radius 3 is 2.00 bits per heavy atom. The summed E-state index contributed by atoms with van der Waals surface area (Å²) in [6.07, 6.45) is 13.3. The molecule has 0 rings (SSSR count). The van der Waals surface area contributed by atoms with E-state index >= 15 is 0 Å². The molecule has 0 heteroatoms. The van der Waals surface area contributed by atoms with Crippen molar-refractivity contribution in [3.8, 4) is 0 Å². The van der Waals surface area contributed by atoms with Gasteiger partial charge in [0.25, 0.3) is 0 Å². The van der Waals surface area contributed by atoms with E-state index in [2.05, 4.69) is 13.2 Å². The smallest absolute Gasteiger partial charge is 0.0329 e. The second-order valence-corrected chi connectivity index (χ2v) is 2.05. The molecule has 0 saturated carbocycles. The van der Waals surface area contributed by atoms with Gasteiger partial charge in [-0.2, -0.15) is 0 Å². The fourth-order valence-corrected chi connectivity index (χ4v) is 0.537. The normalized spacial score (nSPS) is 10.4. The van der Waals surface area contributed by atoms with Crippen molar-refractivity contribution in [2.75, 3.05) is 0 Å². The molecule has 0 aliphatic rings. The number of allylic oxidation sites excluding steroid dienone is 8. The van der Waals surface area contributed by atoms with Crippen LogP contribution in [0.3, 0.4) is 0 Å². The first kappa shape index (κ1) is 14.2. The van der Waals surface area contributed by atoms with Crippen LogP contribution in [-0.2, 0) is 0 Å². The molecule has 0 aliphatic carbocycles. The summed E-state index contributed by atoms with van der Waals surface area (Å²) in [6.45, 7) is 13.4. The maximum Gasteiger partial charge on any atom is -0.0329 e. The summed E-state index contributed by atoms with van der Waals surface area (Å²) in [6, 6.07) is 0. The molecule has 0 N–H and O–H groups in total. The van der Waals surface area contributed by atoms with Crippen molar-refractivity contribution in [1.29, 1.82) is 0 Å². The molecule has 72 valence electrons.